The molecular formula is C29H27ClN2O5S. The molecule has 0 aliphatic carbocycles. The smallest absolute Gasteiger partial charge is 0.294 e. The number of hydrogen-bond acceptors (Lipinski definition) is 6. The predicted octanol–water partition coefficient (Wildman–Crippen LogP) is 6.61. The SMILES string of the molecule is CCOc1cc(/C=C2\SC(=O)N(CC(=O)Nc3cc(Cl)ccc3C)C2=O)ccc1OCc1cccc(C)c1. The summed E-state index contributed by atoms with van der Waals surface area (Å²) in [4.78, 5) is 39.2. The van der Waals surface area contributed by atoms with Gasteiger partial charge in [-0.25, -0.2) is 0 Å². The van der Waals surface area contributed by atoms with Gasteiger partial charge in [-0.2, -0.15) is 0 Å². The third-order valence-electron chi connectivity index (χ3n) is 5.69. The van der Waals surface area contributed by atoms with Gasteiger partial charge in [0.15, 0.2) is 11.5 Å². The predicted molar refractivity (Wildman–Crippen MR) is 151 cm³/mol. The summed E-state index contributed by atoms with van der Waals surface area (Å²) >= 11 is 6.80. The Balaban J connectivity index is 1.45. The summed E-state index contributed by atoms with van der Waals surface area (Å²) in [5.41, 5.74) is 4.20. The van der Waals surface area contributed by atoms with Crippen molar-refractivity contribution in [2.45, 2.75) is 27.4 Å². The molecule has 3 aromatic rings. The Labute approximate surface area is 230 Å². The number of carbonyl (C=O) groups excluding carboxylic acids is 3. The maximum atomic E-state index is 13.0. The molecule has 4 rings (SSSR count). The summed E-state index contributed by atoms with van der Waals surface area (Å²) in [5.74, 6) is 0.0827. The Morgan fingerprint density at radius 2 is 1.84 bits per heavy atom. The van der Waals surface area contributed by atoms with Crippen molar-refractivity contribution in [1.82, 2.24) is 4.90 Å². The van der Waals surface area contributed by atoms with Gasteiger partial charge in [-0.15, -0.1) is 0 Å². The Morgan fingerprint density at radius 3 is 2.61 bits per heavy atom. The minimum absolute atomic E-state index is 0.220. The van der Waals surface area contributed by atoms with Gasteiger partial charge in [0, 0.05) is 10.7 Å². The molecule has 3 amide bonds. The van der Waals surface area contributed by atoms with Gasteiger partial charge >= 0.3 is 0 Å². The number of benzene rings is 3. The number of carbonyl (C=O) groups is 3. The molecule has 1 heterocycles. The standard InChI is InChI=1S/C29H27ClN2O5S/c1-4-36-25-13-20(9-11-24(25)37-17-21-7-5-6-18(2)12-21)14-26-28(34)32(29(35)38-26)16-27(33)31-23-15-22(30)10-8-19(23)3/h5-15H,4,16-17H2,1-3H3,(H,31,33)/b26-14-. The van der Waals surface area contributed by atoms with Gasteiger partial charge in [-0.1, -0.05) is 53.6 Å². The number of hydrogen-bond donors (Lipinski definition) is 1. The number of imide groups is 1. The Kier molecular flexibility index (Phi) is 8.76. The second kappa shape index (κ2) is 12.2. The molecule has 1 aliphatic rings. The summed E-state index contributed by atoms with van der Waals surface area (Å²) in [5, 5.41) is 2.67. The molecule has 1 N–H and O–H groups in total. The lowest BCUT2D eigenvalue weighted by atomic mass is 10.1. The lowest BCUT2D eigenvalue weighted by molar-refractivity contribution is -0.127. The number of thioether (sulfide) groups is 1. The van der Waals surface area contributed by atoms with Crippen LogP contribution in [-0.2, 0) is 16.2 Å². The number of halogens is 1. The molecule has 9 heteroatoms. The molecule has 7 nitrogen and oxygen atoms in total. The summed E-state index contributed by atoms with van der Waals surface area (Å²) in [6.07, 6.45) is 1.61. The number of aryl methyl sites for hydroxylation is 2. The first-order chi connectivity index (χ1) is 18.2. The number of ether oxygens (including phenoxy) is 2. The first-order valence-corrected chi connectivity index (χ1v) is 13.2. The number of anilines is 1. The van der Waals surface area contributed by atoms with Gasteiger partial charge < -0.3 is 14.8 Å². The molecule has 196 valence electrons. The lowest BCUT2D eigenvalue weighted by Gasteiger charge is -2.14. The number of nitrogens with one attached hydrogen (secondary N) is 1. The monoisotopic (exact) mass is 550 g/mol. The van der Waals surface area contributed by atoms with Crippen LogP contribution in [0.15, 0.2) is 65.6 Å². The minimum Gasteiger partial charge on any atom is -0.490 e. The van der Waals surface area contributed by atoms with Crippen molar-refractivity contribution in [1.29, 1.82) is 0 Å². The fraction of sp³-hybridized carbons (Fsp3) is 0.207. The molecule has 1 saturated heterocycles. The summed E-state index contributed by atoms with van der Waals surface area (Å²) in [6.45, 7) is 6.14. The van der Waals surface area contributed by atoms with Gasteiger partial charge in [0.1, 0.15) is 13.2 Å². The van der Waals surface area contributed by atoms with Crippen LogP contribution in [0.5, 0.6) is 11.5 Å². The third kappa shape index (κ3) is 6.76. The van der Waals surface area contributed by atoms with Gasteiger partial charge in [-0.05, 0) is 79.6 Å². The van der Waals surface area contributed by atoms with E-state index in [1.54, 1.807) is 42.5 Å². The van der Waals surface area contributed by atoms with Crippen molar-refractivity contribution in [2.24, 2.45) is 0 Å². The summed E-state index contributed by atoms with van der Waals surface area (Å²) in [6, 6.07) is 18.5. The van der Waals surface area contributed by atoms with Crippen LogP contribution in [0.3, 0.4) is 0 Å². The van der Waals surface area contributed by atoms with Gasteiger partial charge in [0.05, 0.1) is 11.5 Å². The van der Waals surface area contributed by atoms with Crippen LogP contribution in [0.25, 0.3) is 6.08 Å². The van der Waals surface area contributed by atoms with Gasteiger partial charge in [0.2, 0.25) is 5.91 Å². The Hall–Kier alpha value is -3.75. The molecule has 0 aromatic heterocycles. The Bertz CT molecular complexity index is 1420. The van der Waals surface area contributed by atoms with E-state index in [9.17, 15) is 14.4 Å². The fourth-order valence-electron chi connectivity index (χ4n) is 3.81. The fourth-order valence-corrected chi connectivity index (χ4v) is 4.83. The maximum absolute atomic E-state index is 13.0. The van der Waals surface area contributed by atoms with Gasteiger partial charge in [-0.3, -0.25) is 19.3 Å². The topological polar surface area (TPSA) is 84.9 Å². The third-order valence-corrected chi connectivity index (χ3v) is 6.83. The van der Waals surface area contributed by atoms with E-state index in [2.05, 4.69) is 11.4 Å². The summed E-state index contributed by atoms with van der Waals surface area (Å²) < 4.78 is 11.8. The van der Waals surface area contributed by atoms with Crippen LogP contribution in [0, 0.1) is 13.8 Å². The van der Waals surface area contributed by atoms with Crippen molar-refractivity contribution < 1.29 is 23.9 Å². The van der Waals surface area contributed by atoms with Crippen molar-refractivity contribution >= 4 is 52.2 Å². The van der Waals surface area contributed by atoms with E-state index in [1.165, 1.54) is 0 Å². The highest BCUT2D eigenvalue weighted by molar-refractivity contribution is 8.18. The van der Waals surface area contributed by atoms with Crippen molar-refractivity contribution in [3.8, 4) is 11.5 Å². The molecule has 38 heavy (non-hydrogen) atoms. The zero-order chi connectivity index (χ0) is 27.2. The molecular weight excluding hydrogens is 524 g/mol. The van der Waals surface area contributed by atoms with Crippen LogP contribution in [0.4, 0.5) is 10.5 Å². The molecule has 0 atom stereocenters. The molecule has 0 unspecified atom stereocenters. The largest absolute Gasteiger partial charge is 0.490 e. The van der Waals surface area contributed by atoms with Gasteiger partial charge in [0.25, 0.3) is 11.1 Å². The second-order valence-corrected chi connectivity index (χ2v) is 10.1. The van der Waals surface area contributed by atoms with E-state index >= 15 is 0 Å². The molecule has 3 aromatic carbocycles. The molecule has 0 bridgehead atoms. The highest BCUT2D eigenvalue weighted by atomic mass is 35.5. The van der Waals surface area contributed by atoms with E-state index in [1.807, 2.05) is 39.0 Å². The molecule has 1 aliphatic heterocycles. The van der Waals surface area contributed by atoms with E-state index in [0.29, 0.717) is 41.0 Å². The average Bonchev–Trinajstić information content (AvgIpc) is 3.13. The maximum Gasteiger partial charge on any atom is 0.294 e. The summed E-state index contributed by atoms with van der Waals surface area (Å²) in [7, 11) is 0. The number of rotatable bonds is 9. The van der Waals surface area contributed by atoms with Crippen LogP contribution >= 0.6 is 23.4 Å². The first-order valence-electron chi connectivity index (χ1n) is 12.0. The van der Waals surface area contributed by atoms with Crippen LogP contribution in [0.2, 0.25) is 5.02 Å². The second-order valence-electron chi connectivity index (χ2n) is 8.69. The number of amides is 3. The van der Waals surface area contributed by atoms with Crippen molar-refractivity contribution in [2.75, 3.05) is 18.5 Å². The van der Waals surface area contributed by atoms with E-state index < -0.39 is 23.6 Å². The average molecular weight is 551 g/mol. The normalized spacial score (nSPS) is 14.2. The molecule has 1 fully saturated rings. The molecule has 0 radical (unpaired) electrons. The van der Waals surface area contributed by atoms with Crippen LogP contribution < -0.4 is 14.8 Å². The zero-order valence-corrected chi connectivity index (χ0v) is 22.8. The van der Waals surface area contributed by atoms with Crippen molar-refractivity contribution in [3.05, 3.63) is 92.8 Å². The lowest BCUT2D eigenvalue weighted by Crippen LogP contribution is -2.36. The Morgan fingerprint density at radius 1 is 1.03 bits per heavy atom. The zero-order valence-electron chi connectivity index (χ0n) is 21.2. The molecule has 0 saturated carbocycles. The highest BCUT2D eigenvalue weighted by Gasteiger charge is 2.36. The molecule has 0 spiro atoms. The first kappa shape index (κ1) is 27.3. The van der Waals surface area contributed by atoms with Crippen molar-refractivity contribution in [3.63, 3.8) is 0 Å². The quantitative estimate of drug-likeness (QED) is 0.302. The van der Waals surface area contributed by atoms with Crippen LogP contribution in [-0.4, -0.2) is 35.1 Å². The highest BCUT2D eigenvalue weighted by Crippen LogP contribution is 2.35. The van der Waals surface area contributed by atoms with E-state index in [-0.39, 0.29) is 4.91 Å². The van der Waals surface area contributed by atoms with Crippen LogP contribution in [0.1, 0.15) is 29.2 Å². The van der Waals surface area contributed by atoms with E-state index in [0.717, 1.165) is 33.4 Å². The number of nitrogens with zero attached hydrogens (tertiary/aromatic N) is 1. The van der Waals surface area contributed by atoms with E-state index in [4.69, 9.17) is 21.1 Å². The minimum atomic E-state index is -0.532.